The van der Waals surface area contributed by atoms with Crippen molar-refractivity contribution in [1.82, 2.24) is 9.55 Å². The van der Waals surface area contributed by atoms with Crippen LogP contribution in [0.15, 0.2) is 48.5 Å². The topological polar surface area (TPSA) is 17.8 Å². The molecule has 0 atom stereocenters. The van der Waals surface area contributed by atoms with Gasteiger partial charge >= 0.3 is 0 Å². The molecule has 96 valence electrons. The van der Waals surface area contributed by atoms with Crippen molar-refractivity contribution < 1.29 is 4.39 Å². The van der Waals surface area contributed by atoms with Crippen LogP contribution in [-0.4, -0.2) is 9.55 Å². The predicted molar refractivity (Wildman–Crippen MR) is 77.9 cm³/mol. The number of fused-ring (bicyclic) bond motifs is 1. The van der Waals surface area contributed by atoms with E-state index in [0.717, 1.165) is 17.9 Å². The maximum Gasteiger partial charge on any atom is 0.125 e. The van der Waals surface area contributed by atoms with Crippen LogP contribution in [0.4, 0.5) is 4.39 Å². The number of rotatable bonds is 3. The van der Waals surface area contributed by atoms with E-state index in [9.17, 15) is 4.39 Å². The van der Waals surface area contributed by atoms with Gasteiger partial charge in [-0.15, -0.1) is 0 Å². The van der Waals surface area contributed by atoms with Crippen molar-refractivity contribution in [2.75, 3.05) is 0 Å². The number of nitrogens with zero attached hydrogens (tertiary/aromatic N) is 2. The van der Waals surface area contributed by atoms with Crippen molar-refractivity contribution in [3.63, 3.8) is 0 Å². The van der Waals surface area contributed by atoms with Crippen LogP contribution in [0, 0.1) is 5.82 Å². The standard InChI is InChI=1S/C15H13FN2S/c16-12-6-7-14-13(8-12)17-15(10-19)18(14)9-11-4-2-1-3-5-11/h1-8,19H,9-10H2. The monoisotopic (exact) mass is 272 g/mol. The van der Waals surface area contributed by atoms with Gasteiger partial charge in [0, 0.05) is 18.4 Å². The Morgan fingerprint density at radius 3 is 2.63 bits per heavy atom. The zero-order chi connectivity index (χ0) is 13.2. The number of hydrogen-bond acceptors (Lipinski definition) is 2. The van der Waals surface area contributed by atoms with Crippen LogP contribution in [0.1, 0.15) is 11.4 Å². The molecular formula is C15H13FN2S. The Morgan fingerprint density at radius 1 is 1.11 bits per heavy atom. The van der Waals surface area contributed by atoms with E-state index in [1.54, 1.807) is 6.07 Å². The average Bonchev–Trinajstić information content (AvgIpc) is 2.77. The summed E-state index contributed by atoms with van der Waals surface area (Å²) in [6.45, 7) is 0.721. The highest BCUT2D eigenvalue weighted by atomic mass is 32.1. The Labute approximate surface area is 116 Å². The third-order valence-electron chi connectivity index (χ3n) is 3.11. The van der Waals surface area contributed by atoms with Gasteiger partial charge in [0.1, 0.15) is 11.6 Å². The SMILES string of the molecule is Fc1ccc2c(c1)nc(CS)n2Cc1ccccc1. The number of thiol groups is 1. The van der Waals surface area contributed by atoms with E-state index in [-0.39, 0.29) is 5.82 Å². The van der Waals surface area contributed by atoms with Crippen molar-refractivity contribution >= 4 is 23.7 Å². The molecule has 2 nitrogen and oxygen atoms in total. The molecule has 19 heavy (non-hydrogen) atoms. The summed E-state index contributed by atoms with van der Waals surface area (Å²) in [5.41, 5.74) is 2.81. The minimum Gasteiger partial charge on any atom is -0.323 e. The van der Waals surface area contributed by atoms with Crippen LogP contribution in [-0.2, 0) is 12.3 Å². The van der Waals surface area contributed by atoms with Gasteiger partial charge in [0.25, 0.3) is 0 Å². The average molecular weight is 272 g/mol. The summed E-state index contributed by atoms with van der Waals surface area (Å²) in [6.07, 6.45) is 0. The Kier molecular flexibility index (Phi) is 3.25. The third-order valence-corrected chi connectivity index (χ3v) is 3.40. The van der Waals surface area contributed by atoms with Gasteiger partial charge < -0.3 is 4.57 Å². The highest BCUT2D eigenvalue weighted by Crippen LogP contribution is 2.20. The van der Waals surface area contributed by atoms with Crippen molar-refractivity contribution in [1.29, 1.82) is 0 Å². The molecule has 0 spiro atoms. The Bertz CT molecular complexity index is 707. The van der Waals surface area contributed by atoms with Gasteiger partial charge in [-0.2, -0.15) is 12.6 Å². The maximum atomic E-state index is 13.2. The van der Waals surface area contributed by atoms with Gasteiger partial charge in [-0.25, -0.2) is 9.37 Å². The van der Waals surface area contributed by atoms with Crippen LogP contribution >= 0.6 is 12.6 Å². The maximum absolute atomic E-state index is 13.2. The fourth-order valence-electron chi connectivity index (χ4n) is 2.22. The number of aromatic nitrogens is 2. The fraction of sp³-hybridized carbons (Fsp3) is 0.133. The molecule has 0 bridgehead atoms. The first-order chi connectivity index (χ1) is 9.28. The quantitative estimate of drug-likeness (QED) is 0.720. The highest BCUT2D eigenvalue weighted by Gasteiger charge is 2.10. The summed E-state index contributed by atoms with van der Waals surface area (Å²) in [6, 6.07) is 14.8. The second-order valence-corrected chi connectivity index (χ2v) is 4.71. The molecule has 1 aromatic heterocycles. The van der Waals surface area contributed by atoms with Gasteiger partial charge in [-0.05, 0) is 17.7 Å². The number of imidazole rings is 1. The molecule has 0 N–H and O–H groups in total. The third kappa shape index (κ3) is 2.36. The molecule has 1 heterocycles. The van der Waals surface area contributed by atoms with Crippen molar-refractivity contribution in [3.8, 4) is 0 Å². The zero-order valence-corrected chi connectivity index (χ0v) is 11.1. The number of halogens is 1. The summed E-state index contributed by atoms with van der Waals surface area (Å²) in [5.74, 6) is 1.12. The van der Waals surface area contributed by atoms with E-state index in [1.165, 1.54) is 17.7 Å². The first kappa shape index (κ1) is 12.2. The van der Waals surface area contributed by atoms with E-state index in [4.69, 9.17) is 0 Å². The molecule has 0 unspecified atom stereocenters. The lowest BCUT2D eigenvalue weighted by Crippen LogP contribution is -2.03. The van der Waals surface area contributed by atoms with Crippen LogP contribution < -0.4 is 0 Å². The molecule has 0 fully saturated rings. The summed E-state index contributed by atoms with van der Waals surface area (Å²) in [5, 5.41) is 0. The lowest BCUT2D eigenvalue weighted by molar-refractivity contribution is 0.629. The molecule has 0 radical (unpaired) electrons. The van der Waals surface area contributed by atoms with Crippen LogP contribution in [0.25, 0.3) is 11.0 Å². The first-order valence-electron chi connectivity index (χ1n) is 6.07. The minimum absolute atomic E-state index is 0.262. The molecule has 0 aliphatic rings. The van der Waals surface area contributed by atoms with Gasteiger partial charge in [0.05, 0.1) is 11.0 Å². The van der Waals surface area contributed by atoms with Crippen molar-refractivity contribution in [2.45, 2.75) is 12.3 Å². The normalized spacial score (nSPS) is 11.1. The molecule has 3 aromatic rings. The van der Waals surface area contributed by atoms with Gasteiger partial charge in [-0.1, -0.05) is 30.3 Å². The molecule has 0 saturated heterocycles. The fourth-order valence-corrected chi connectivity index (χ4v) is 2.46. The van der Waals surface area contributed by atoms with E-state index >= 15 is 0 Å². The Morgan fingerprint density at radius 2 is 1.89 bits per heavy atom. The molecule has 0 amide bonds. The summed E-state index contributed by atoms with van der Waals surface area (Å²) < 4.78 is 15.3. The zero-order valence-electron chi connectivity index (χ0n) is 10.3. The number of benzene rings is 2. The Balaban J connectivity index is 2.11. The van der Waals surface area contributed by atoms with E-state index < -0.39 is 0 Å². The van der Waals surface area contributed by atoms with Crippen LogP contribution in [0.3, 0.4) is 0 Å². The van der Waals surface area contributed by atoms with E-state index in [0.29, 0.717) is 11.3 Å². The summed E-state index contributed by atoms with van der Waals surface area (Å²) >= 11 is 4.31. The lowest BCUT2D eigenvalue weighted by Gasteiger charge is -2.08. The smallest absolute Gasteiger partial charge is 0.125 e. The predicted octanol–water partition coefficient (Wildman–Crippen LogP) is 3.65. The second-order valence-electron chi connectivity index (χ2n) is 4.39. The van der Waals surface area contributed by atoms with Crippen LogP contribution in [0.5, 0.6) is 0 Å². The lowest BCUT2D eigenvalue weighted by atomic mass is 10.2. The largest absolute Gasteiger partial charge is 0.323 e. The highest BCUT2D eigenvalue weighted by molar-refractivity contribution is 7.79. The first-order valence-corrected chi connectivity index (χ1v) is 6.70. The summed E-state index contributed by atoms with van der Waals surface area (Å²) in [4.78, 5) is 4.43. The minimum atomic E-state index is -0.262. The molecular weight excluding hydrogens is 259 g/mol. The van der Waals surface area contributed by atoms with Crippen LogP contribution in [0.2, 0.25) is 0 Å². The van der Waals surface area contributed by atoms with Gasteiger partial charge in [0.15, 0.2) is 0 Å². The van der Waals surface area contributed by atoms with Gasteiger partial charge in [-0.3, -0.25) is 0 Å². The van der Waals surface area contributed by atoms with Crippen molar-refractivity contribution in [2.24, 2.45) is 0 Å². The van der Waals surface area contributed by atoms with E-state index in [2.05, 4.69) is 34.3 Å². The second kappa shape index (κ2) is 5.05. The molecule has 0 saturated carbocycles. The van der Waals surface area contributed by atoms with Gasteiger partial charge in [0.2, 0.25) is 0 Å². The molecule has 2 aromatic carbocycles. The molecule has 3 rings (SSSR count). The molecule has 0 aliphatic heterocycles. The molecule has 0 aliphatic carbocycles. The van der Waals surface area contributed by atoms with E-state index in [1.807, 2.05) is 18.2 Å². The number of hydrogen-bond donors (Lipinski definition) is 1. The summed E-state index contributed by atoms with van der Waals surface area (Å²) in [7, 11) is 0. The van der Waals surface area contributed by atoms with Crippen molar-refractivity contribution in [3.05, 3.63) is 65.7 Å². The molecule has 4 heteroatoms. The Hall–Kier alpha value is -1.81.